The van der Waals surface area contributed by atoms with Crippen molar-refractivity contribution in [1.82, 2.24) is 15.2 Å². The fraction of sp³-hybridized carbons (Fsp3) is 0.300. The largest absolute Gasteiger partial charge is 0.377 e. The Balaban J connectivity index is 1.32. The molecule has 0 aromatic heterocycles. The Labute approximate surface area is 208 Å². The molecule has 3 aromatic rings. The number of anilines is 1. The quantitative estimate of drug-likeness (QED) is 0.556. The van der Waals surface area contributed by atoms with Crippen LogP contribution in [-0.4, -0.2) is 48.2 Å². The number of nitrogens with zero attached hydrogens (tertiary/aromatic N) is 3. The summed E-state index contributed by atoms with van der Waals surface area (Å²) in [6.45, 7) is 13.2. The highest BCUT2D eigenvalue weighted by Crippen LogP contribution is 2.45. The molecular formula is C30H33N5. The van der Waals surface area contributed by atoms with E-state index in [0.717, 1.165) is 48.8 Å². The standard InChI is InChI=1S/C30H33N5/c1-3-34-16-18-35(19-17-34)20-22-12-14-24(15-13-22)29-27(23-8-5-4-6-9-23)30-28-25(21(2)32-33-30)10-7-11-26(28)31-29/h4-15,27,29,31-32H,2-3,16-20H2,1H3. The van der Waals surface area contributed by atoms with Gasteiger partial charge in [0.05, 0.1) is 23.4 Å². The van der Waals surface area contributed by atoms with Gasteiger partial charge in [-0.05, 0) is 29.3 Å². The van der Waals surface area contributed by atoms with Gasteiger partial charge in [0.2, 0.25) is 0 Å². The average Bonchev–Trinajstić information content (AvgIpc) is 2.92. The van der Waals surface area contributed by atoms with Gasteiger partial charge in [0, 0.05) is 49.5 Å². The molecule has 5 heteroatoms. The van der Waals surface area contributed by atoms with E-state index < -0.39 is 0 Å². The van der Waals surface area contributed by atoms with Crippen LogP contribution in [0.4, 0.5) is 5.69 Å². The molecular weight excluding hydrogens is 430 g/mol. The van der Waals surface area contributed by atoms with Gasteiger partial charge in [-0.15, -0.1) is 0 Å². The molecule has 5 nitrogen and oxygen atoms in total. The monoisotopic (exact) mass is 463 g/mol. The van der Waals surface area contributed by atoms with Crippen LogP contribution in [0.5, 0.6) is 0 Å². The molecule has 0 bridgehead atoms. The van der Waals surface area contributed by atoms with Crippen LogP contribution in [0.3, 0.4) is 0 Å². The van der Waals surface area contributed by atoms with Gasteiger partial charge in [-0.3, -0.25) is 10.3 Å². The summed E-state index contributed by atoms with van der Waals surface area (Å²) in [5, 5.41) is 8.71. The summed E-state index contributed by atoms with van der Waals surface area (Å²) in [6.07, 6.45) is 0. The van der Waals surface area contributed by atoms with E-state index in [1.807, 2.05) is 0 Å². The zero-order chi connectivity index (χ0) is 23.8. The number of hydrogen-bond donors (Lipinski definition) is 2. The molecule has 3 aliphatic rings. The lowest BCUT2D eigenvalue weighted by atomic mass is 9.76. The summed E-state index contributed by atoms with van der Waals surface area (Å²) in [7, 11) is 0. The molecule has 3 heterocycles. The fourth-order valence-corrected chi connectivity index (χ4v) is 5.72. The van der Waals surface area contributed by atoms with Gasteiger partial charge in [-0.1, -0.05) is 80.2 Å². The number of benzene rings is 3. The van der Waals surface area contributed by atoms with E-state index in [4.69, 9.17) is 5.10 Å². The van der Waals surface area contributed by atoms with Crippen molar-refractivity contribution < 1.29 is 0 Å². The summed E-state index contributed by atoms with van der Waals surface area (Å²) in [4.78, 5) is 5.10. The molecule has 0 amide bonds. The maximum absolute atomic E-state index is 4.84. The fourth-order valence-electron chi connectivity index (χ4n) is 5.72. The van der Waals surface area contributed by atoms with Crippen molar-refractivity contribution in [3.63, 3.8) is 0 Å². The maximum Gasteiger partial charge on any atom is 0.0805 e. The number of likely N-dealkylation sites (N-methyl/N-ethyl adjacent to an activating group) is 1. The second-order valence-electron chi connectivity index (χ2n) is 9.78. The van der Waals surface area contributed by atoms with Gasteiger partial charge in [-0.2, -0.15) is 5.10 Å². The normalized spacial score (nSPS) is 22.1. The maximum atomic E-state index is 4.84. The molecule has 2 atom stereocenters. The Kier molecular flexibility index (Phi) is 5.88. The van der Waals surface area contributed by atoms with E-state index in [1.54, 1.807) is 0 Å². The lowest BCUT2D eigenvalue weighted by Crippen LogP contribution is -2.45. The molecule has 2 unspecified atom stereocenters. The second kappa shape index (κ2) is 9.33. The van der Waals surface area contributed by atoms with Crippen LogP contribution >= 0.6 is 0 Å². The predicted octanol–water partition coefficient (Wildman–Crippen LogP) is 5.05. The summed E-state index contributed by atoms with van der Waals surface area (Å²) < 4.78 is 0. The van der Waals surface area contributed by atoms with Crippen LogP contribution in [-0.2, 0) is 6.54 Å². The number of rotatable bonds is 5. The molecule has 2 N–H and O–H groups in total. The van der Waals surface area contributed by atoms with Gasteiger partial charge < -0.3 is 10.2 Å². The Morgan fingerprint density at radius 3 is 2.34 bits per heavy atom. The summed E-state index contributed by atoms with van der Waals surface area (Å²) in [6, 6.07) is 26.4. The van der Waals surface area contributed by atoms with Crippen LogP contribution in [0, 0.1) is 0 Å². The molecule has 1 saturated heterocycles. The summed E-state index contributed by atoms with van der Waals surface area (Å²) >= 11 is 0. The highest BCUT2D eigenvalue weighted by molar-refractivity contribution is 6.15. The number of hydrazone groups is 1. The Morgan fingerprint density at radius 1 is 0.857 bits per heavy atom. The SMILES string of the molecule is C=C1NN=C2c3c(cccc31)NC(c1ccc(CN3CCN(CC)CC3)cc1)C2c1ccccc1. The molecule has 0 radical (unpaired) electrons. The lowest BCUT2D eigenvalue weighted by molar-refractivity contribution is 0.132. The van der Waals surface area contributed by atoms with Gasteiger partial charge >= 0.3 is 0 Å². The lowest BCUT2D eigenvalue weighted by Gasteiger charge is -2.39. The zero-order valence-corrected chi connectivity index (χ0v) is 20.4. The average molecular weight is 464 g/mol. The van der Waals surface area contributed by atoms with E-state index in [-0.39, 0.29) is 12.0 Å². The first-order valence-corrected chi connectivity index (χ1v) is 12.7. The minimum Gasteiger partial charge on any atom is -0.377 e. The first-order valence-electron chi connectivity index (χ1n) is 12.7. The van der Waals surface area contributed by atoms with E-state index in [2.05, 4.69) is 107 Å². The predicted molar refractivity (Wildman–Crippen MR) is 145 cm³/mol. The summed E-state index contributed by atoms with van der Waals surface area (Å²) in [5.74, 6) is 0.0958. The van der Waals surface area contributed by atoms with Crippen molar-refractivity contribution in [1.29, 1.82) is 0 Å². The van der Waals surface area contributed by atoms with Crippen molar-refractivity contribution in [3.05, 3.63) is 107 Å². The second-order valence-corrected chi connectivity index (χ2v) is 9.78. The van der Waals surface area contributed by atoms with Crippen LogP contribution in [0.25, 0.3) is 5.70 Å². The van der Waals surface area contributed by atoms with Crippen LogP contribution in [0.15, 0.2) is 84.5 Å². The van der Waals surface area contributed by atoms with Crippen molar-refractivity contribution in [2.75, 3.05) is 38.0 Å². The first kappa shape index (κ1) is 22.1. The highest BCUT2D eigenvalue weighted by atomic mass is 15.3. The van der Waals surface area contributed by atoms with Gasteiger partial charge in [-0.25, -0.2) is 0 Å². The topological polar surface area (TPSA) is 42.9 Å². The van der Waals surface area contributed by atoms with E-state index in [1.165, 1.54) is 35.3 Å². The van der Waals surface area contributed by atoms with Gasteiger partial charge in [0.1, 0.15) is 0 Å². The Morgan fingerprint density at radius 2 is 1.60 bits per heavy atom. The van der Waals surface area contributed by atoms with Crippen LogP contribution in [0.1, 0.15) is 46.7 Å². The van der Waals surface area contributed by atoms with E-state index >= 15 is 0 Å². The smallest absolute Gasteiger partial charge is 0.0805 e. The van der Waals surface area contributed by atoms with E-state index in [0.29, 0.717) is 0 Å². The van der Waals surface area contributed by atoms with Crippen molar-refractivity contribution >= 4 is 17.1 Å². The molecule has 3 aromatic carbocycles. The highest BCUT2D eigenvalue weighted by Gasteiger charge is 2.38. The molecule has 0 saturated carbocycles. The Bertz CT molecular complexity index is 1240. The van der Waals surface area contributed by atoms with Crippen LogP contribution < -0.4 is 10.7 Å². The Hall–Kier alpha value is -3.41. The van der Waals surface area contributed by atoms with E-state index in [9.17, 15) is 0 Å². The first-order chi connectivity index (χ1) is 17.2. The minimum atomic E-state index is 0.0919. The number of hydrogen-bond acceptors (Lipinski definition) is 5. The summed E-state index contributed by atoms with van der Waals surface area (Å²) in [5.41, 5.74) is 12.5. The van der Waals surface area contributed by atoms with Crippen molar-refractivity contribution in [3.8, 4) is 0 Å². The molecule has 0 aliphatic carbocycles. The minimum absolute atomic E-state index is 0.0919. The van der Waals surface area contributed by atoms with Gasteiger partial charge in [0.25, 0.3) is 0 Å². The number of piperazine rings is 1. The van der Waals surface area contributed by atoms with Crippen molar-refractivity contribution in [2.24, 2.45) is 5.10 Å². The van der Waals surface area contributed by atoms with Crippen LogP contribution in [0.2, 0.25) is 0 Å². The third-order valence-corrected chi connectivity index (χ3v) is 7.71. The molecule has 178 valence electrons. The number of nitrogens with one attached hydrogen (secondary N) is 2. The molecule has 1 fully saturated rings. The van der Waals surface area contributed by atoms with Crippen molar-refractivity contribution in [2.45, 2.75) is 25.4 Å². The molecule has 6 rings (SSSR count). The van der Waals surface area contributed by atoms with Gasteiger partial charge in [0.15, 0.2) is 0 Å². The zero-order valence-electron chi connectivity index (χ0n) is 20.4. The molecule has 0 spiro atoms. The third kappa shape index (κ3) is 4.15. The molecule has 35 heavy (non-hydrogen) atoms. The molecule has 3 aliphatic heterocycles. The third-order valence-electron chi connectivity index (χ3n) is 7.71.